The standard InChI is InChI=1S/C16H22N4O/c1-12-5-4-6-13(11-12)17-9-10-20-16(21)14-7-2-3-8-15(14)18-19-20/h2-3,7-8,12-13,17H,4-6,9-11H2,1H3. The van der Waals surface area contributed by atoms with Gasteiger partial charge in [0.1, 0.15) is 5.52 Å². The summed E-state index contributed by atoms with van der Waals surface area (Å²) >= 11 is 0. The van der Waals surface area contributed by atoms with Crippen molar-refractivity contribution in [1.82, 2.24) is 20.3 Å². The van der Waals surface area contributed by atoms with Gasteiger partial charge >= 0.3 is 0 Å². The first-order chi connectivity index (χ1) is 10.2. The van der Waals surface area contributed by atoms with Crippen LogP contribution in [0.1, 0.15) is 32.6 Å². The average Bonchev–Trinajstić information content (AvgIpc) is 2.50. The van der Waals surface area contributed by atoms with Gasteiger partial charge in [-0.1, -0.05) is 37.1 Å². The van der Waals surface area contributed by atoms with Crippen LogP contribution in [-0.4, -0.2) is 27.6 Å². The third-order valence-corrected chi connectivity index (χ3v) is 4.32. The van der Waals surface area contributed by atoms with Gasteiger partial charge in [-0.15, -0.1) is 5.10 Å². The Morgan fingerprint density at radius 2 is 2.19 bits per heavy atom. The van der Waals surface area contributed by atoms with Gasteiger partial charge in [-0.3, -0.25) is 4.79 Å². The van der Waals surface area contributed by atoms with Gasteiger partial charge in [0.15, 0.2) is 0 Å². The van der Waals surface area contributed by atoms with Crippen molar-refractivity contribution in [3.63, 3.8) is 0 Å². The molecule has 1 fully saturated rings. The maximum Gasteiger partial charge on any atom is 0.277 e. The fraction of sp³-hybridized carbons (Fsp3) is 0.562. The fourth-order valence-corrected chi connectivity index (χ4v) is 3.16. The molecule has 2 atom stereocenters. The highest BCUT2D eigenvalue weighted by molar-refractivity contribution is 5.76. The van der Waals surface area contributed by atoms with E-state index in [2.05, 4.69) is 22.6 Å². The molecule has 1 heterocycles. The number of nitrogens with zero attached hydrogens (tertiary/aromatic N) is 3. The third-order valence-electron chi connectivity index (χ3n) is 4.32. The Morgan fingerprint density at radius 1 is 1.33 bits per heavy atom. The van der Waals surface area contributed by atoms with Gasteiger partial charge in [0, 0.05) is 12.6 Å². The minimum Gasteiger partial charge on any atom is -0.312 e. The Kier molecular flexibility index (Phi) is 4.29. The Morgan fingerprint density at radius 3 is 3.05 bits per heavy atom. The van der Waals surface area contributed by atoms with Crippen LogP contribution in [0.3, 0.4) is 0 Å². The van der Waals surface area contributed by atoms with Crippen molar-refractivity contribution in [3.05, 3.63) is 34.6 Å². The zero-order chi connectivity index (χ0) is 14.7. The first-order valence-electron chi connectivity index (χ1n) is 7.80. The Labute approximate surface area is 124 Å². The van der Waals surface area contributed by atoms with Gasteiger partial charge in [-0.05, 0) is 30.9 Å². The molecule has 0 radical (unpaired) electrons. The Balaban J connectivity index is 1.63. The van der Waals surface area contributed by atoms with E-state index >= 15 is 0 Å². The molecule has 0 amide bonds. The van der Waals surface area contributed by atoms with E-state index in [0.717, 1.165) is 12.5 Å². The Hall–Kier alpha value is -1.75. The predicted octanol–water partition coefficient (Wildman–Crippen LogP) is 1.96. The maximum absolute atomic E-state index is 12.3. The van der Waals surface area contributed by atoms with Gasteiger partial charge in [0.05, 0.1) is 11.9 Å². The molecule has 1 aromatic carbocycles. The van der Waals surface area contributed by atoms with Gasteiger partial charge in [-0.2, -0.15) is 0 Å². The number of rotatable bonds is 4. The third kappa shape index (κ3) is 3.29. The van der Waals surface area contributed by atoms with Crippen molar-refractivity contribution in [2.45, 2.75) is 45.2 Å². The molecule has 0 spiro atoms. The molecule has 0 aliphatic heterocycles. The summed E-state index contributed by atoms with van der Waals surface area (Å²) in [5.41, 5.74) is 0.604. The normalized spacial score (nSPS) is 22.5. The number of fused-ring (bicyclic) bond motifs is 1. The molecule has 1 saturated carbocycles. The number of hydrogen-bond donors (Lipinski definition) is 1. The average molecular weight is 286 g/mol. The molecular formula is C16H22N4O. The molecule has 0 bridgehead atoms. The van der Waals surface area contributed by atoms with E-state index in [0.29, 0.717) is 23.5 Å². The van der Waals surface area contributed by atoms with E-state index < -0.39 is 0 Å². The van der Waals surface area contributed by atoms with Crippen molar-refractivity contribution in [2.75, 3.05) is 6.54 Å². The summed E-state index contributed by atoms with van der Waals surface area (Å²) in [6, 6.07) is 7.93. The van der Waals surface area contributed by atoms with E-state index in [1.165, 1.54) is 30.4 Å². The largest absolute Gasteiger partial charge is 0.312 e. The SMILES string of the molecule is CC1CCCC(NCCn2nnc3ccccc3c2=O)C1. The van der Waals surface area contributed by atoms with Crippen LogP contribution in [0.15, 0.2) is 29.1 Å². The van der Waals surface area contributed by atoms with Crippen LogP contribution in [0, 0.1) is 5.92 Å². The minimum atomic E-state index is -0.0561. The van der Waals surface area contributed by atoms with E-state index in [1.54, 1.807) is 6.07 Å². The molecule has 21 heavy (non-hydrogen) atoms. The van der Waals surface area contributed by atoms with Crippen LogP contribution in [0.25, 0.3) is 10.9 Å². The summed E-state index contributed by atoms with van der Waals surface area (Å²) in [6.45, 7) is 3.65. The summed E-state index contributed by atoms with van der Waals surface area (Å²) in [5, 5.41) is 12.3. The molecule has 5 heteroatoms. The van der Waals surface area contributed by atoms with Crippen molar-refractivity contribution >= 4 is 10.9 Å². The molecule has 1 aliphatic carbocycles. The highest BCUT2D eigenvalue weighted by atomic mass is 16.1. The summed E-state index contributed by atoms with van der Waals surface area (Å²) in [6.07, 6.45) is 5.11. The number of benzene rings is 1. The minimum absolute atomic E-state index is 0.0561. The van der Waals surface area contributed by atoms with E-state index in [9.17, 15) is 4.79 Å². The van der Waals surface area contributed by atoms with Gasteiger partial charge in [0.2, 0.25) is 0 Å². The molecule has 5 nitrogen and oxygen atoms in total. The molecule has 3 rings (SSSR count). The highest BCUT2D eigenvalue weighted by Gasteiger charge is 2.18. The topological polar surface area (TPSA) is 59.8 Å². The molecule has 1 aliphatic rings. The summed E-state index contributed by atoms with van der Waals surface area (Å²) < 4.78 is 1.46. The summed E-state index contributed by atoms with van der Waals surface area (Å²) in [7, 11) is 0. The second-order valence-electron chi connectivity index (χ2n) is 6.06. The summed E-state index contributed by atoms with van der Waals surface area (Å²) in [4.78, 5) is 12.3. The molecule has 1 N–H and O–H groups in total. The second kappa shape index (κ2) is 6.35. The maximum atomic E-state index is 12.3. The Bertz CT molecular complexity index is 667. The van der Waals surface area contributed by atoms with E-state index in [-0.39, 0.29) is 5.56 Å². The highest BCUT2D eigenvalue weighted by Crippen LogP contribution is 2.23. The van der Waals surface area contributed by atoms with Crippen molar-refractivity contribution in [1.29, 1.82) is 0 Å². The van der Waals surface area contributed by atoms with E-state index in [1.807, 2.05) is 18.2 Å². The van der Waals surface area contributed by atoms with Crippen LogP contribution >= 0.6 is 0 Å². The van der Waals surface area contributed by atoms with Crippen LogP contribution in [0.2, 0.25) is 0 Å². The lowest BCUT2D eigenvalue weighted by Gasteiger charge is -2.27. The number of hydrogen-bond acceptors (Lipinski definition) is 4. The van der Waals surface area contributed by atoms with Crippen LogP contribution in [0.4, 0.5) is 0 Å². The van der Waals surface area contributed by atoms with Gasteiger partial charge in [0.25, 0.3) is 5.56 Å². The molecular weight excluding hydrogens is 264 g/mol. The van der Waals surface area contributed by atoms with Gasteiger partial charge < -0.3 is 5.32 Å². The smallest absolute Gasteiger partial charge is 0.277 e. The van der Waals surface area contributed by atoms with Crippen LogP contribution in [0.5, 0.6) is 0 Å². The van der Waals surface area contributed by atoms with Crippen LogP contribution < -0.4 is 10.9 Å². The van der Waals surface area contributed by atoms with Crippen molar-refractivity contribution < 1.29 is 0 Å². The monoisotopic (exact) mass is 286 g/mol. The zero-order valence-electron chi connectivity index (χ0n) is 12.5. The first kappa shape index (κ1) is 14.2. The molecule has 1 aromatic heterocycles. The quantitative estimate of drug-likeness (QED) is 0.933. The lowest BCUT2D eigenvalue weighted by atomic mass is 9.87. The lowest BCUT2D eigenvalue weighted by molar-refractivity contribution is 0.297. The number of aromatic nitrogens is 3. The lowest BCUT2D eigenvalue weighted by Crippen LogP contribution is -2.37. The molecule has 0 saturated heterocycles. The zero-order valence-corrected chi connectivity index (χ0v) is 12.5. The number of nitrogens with one attached hydrogen (secondary N) is 1. The summed E-state index contributed by atoms with van der Waals surface area (Å²) in [5.74, 6) is 0.805. The van der Waals surface area contributed by atoms with Crippen LogP contribution in [-0.2, 0) is 6.54 Å². The van der Waals surface area contributed by atoms with E-state index in [4.69, 9.17) is 0 Å². The molecule has 2 unspecified atom stereocenters. The van der Waals surface area contributed by atoms with Gasteiger partial charge in [-0.25, -0.2) is 4.68 Å². The van der Waals surface area contributed by atoms with Crippen molar-refractivity contribution in [2.24, 2.45) is 5.92 Å². The second-order valence-corrected chi connectivity index (χ2v) is 6.06. The van der Waals surface area contributed by atoms with Crippen molar-refractivity contribution in [3.8, 4) is 0 Å². The molecule has 2 aromatic rings. The molecule has 112 valence electrons. The predicted molar refractivity (Wildman–Crippen MR) is 83.2 cm³/mol. The first-order valence-corrected chi connectivity index (χ1v) is 7.80. The fourth-order valence-electron chi connectivity index (χ4n) is 3.16.